The first kappa shape index (κ1) is 22.0. The molecule has 0 spiro atoms. The van der Waals surface area contributed by atoms with Crippen molar-refractivity contribution in [2.24, 2.45) is 0 Å². The van der Waals surface area contributed by atoms with E-state index >= 15 is 0 Å². The van der Waals surface area contributed by atoms with Crippen LogP contribution in [0.4, 0.5) is 0 Å². The van der Waals surface area contributed by atoms with Crippen LogP contribution in [-0.4, -0.2) is 28.3 Å². The summed E-state index contributed by atoms with van der Waals surface area (Å²) in [7, 11) is 0. The molecule has 2 amide bonds. The molecule has 1 aromatic carbocycles. The number of thioether (sulfide) groups is 1. The molecule has 0 radical (unpaired) electrons. The Balaban J connectivity index is 1.43. The van der Waals surface area contributed by atoms with Crippen LogP contribution in [0.1, 0.15) is 105 Å². The van der Waals surface area contributed by atoms with E-state index in [9.17, 15) is 9.59 Å². The largest absolute Gasteiger partial charge is 0.269 e. The first-order valence-corrected chi connectivity index (χ1v) is 11.9. The zero-order valence-electron chi connectivity index (χ0n) is 16.9. The second-order valence-corrected chi connectivity index (χ2v) is 8.59. The molecule has 1 heterocycles. The lowest BCUT2D eigenvalue weighted by molar-refractivity contribution is 0.0684. The van der Waals surface area contributed by atoms with Gasteiger partial charge in [0.1, 0.15) is 0 Å². The number of amides is 2. The van der Waals surface area contributed by atoms with Crippen molar-refractivity contribution in [3.63, 3.8) is 0 Å². The first-order valence-electron chi connectivity index (χ1n) is 10.8. The molecule has 0 unspecified atom stereocenters. The highest BCUT2D eigenvalue weighted by Gasteiger charge is 2.34. The number of fused-ring (bicyclic) bond motifs is 1. The van der Waals surface area contributed by atoms with Crippen LogP contribution in [0.15, 0.2) is 24.3 Å². The molecular formula is C23H35NO2S. The third kappa shape index (κ3) is 7.33. The van der Waals surface area contributed by atoms with Gasteiger partial charge in [0.25, 0.3) is 11.8 Å². The topological polar surface area (TPSA) is 37.4 Å². The molecule has 1 aromatic rings. The van der Waals surface area contributed by atoms with Crippen molar-refractivity contribution in [1.29, 1.82) is 0 Å². The highest BCUT2D eigenvalue weighted by molar-refractivity contribution is 7.99. The number of hydrogen-bond acceptors (Lipinski definition) is 3. The number of rotatable bonds is 15. The van der Waals surface area contributed by atoms with Crippen molar-refractivity contribution < 1.29 is 9.59 Å². The Morgan fingerprint density at radius 3 is 1.63 bits per heavy atom. The Morgan fingerprint density at radius 1 is 0.704 bits per heavy atom. The monoisotopic (exact) mass is 389 g/mol. The summed E-state index contributed by atoms with van der Waals surface area (Å²) in [6.07, 6.45) is 16.2. The van der Waals surface area contributed by atoms with Gasteiger partial charge in [-0.05, 0) is 24.3 Å². The Morgan fingerprint density at radius 2 is 1.15 bits per heavy atom. The predicted octanol–water partition coefficient (Wildman–Crippen LogP) is 6.67. The second kappa shape index (κ2) is 13.0. The maximum absolute atomic E-state index is 12.3. The van der Waals surface area contributed by atoms with Gasteiger partial charge < -0.3 is 0 Å². The number of hydrogen-bond donors (Lipinski definition) is 0. The van der Waals surface area contributed by atoms with Crippen LogP contribution in [0.5, 0.6) is 0 Å². The summed E-state index contributed by atoms with van der Waals surface area (Å²) in [4.78, 5) is 25.9. The molecule has 3 nitrogen and oxygen atoms in total. The van der Waals surface area contributed by atoms with Crippen molar-refractivity contribution in [1.82, 2.24) is 4.90 Å². The van der Waals surface area contributed by atoms with Gasteiger partial charge in [-0.25, -0.2) is 0 Å². The molecule has 0 saturated heterocycles. The average Bonchev–Trinajstić information content (AvgIpc) is 2.93. The number of imide groups is 1. The zero-order chi connectivity index (χ0) is 19.3. The van der Waals surface area contributed by atoms with E-state index in [1.807, 2.05) is 12.1 Å². The van der Waals surface area contributed by atoms with Crippen LogP contribution in [0.3, 0.4) is 0 Å². The third-order valence-corrected chi connectivity index (χ3v) is 6.26. The maximum atomic E-state index is 12.3. The lowest BCUT2D eigenvalue weighted by Crippen LogP contribution is -2.29. The van der Waals surface area contributed by atoms with Gasteiger partial charge in [-0.15, -0.1) is 11.8 Å². The smallest absolute Gasteiger partial charge is 0.262 e. The molecule has 0 bridgehead atoms. The van der Waals surface area contributed by atoms with Crippen LogP contribution >= 0.6 is 11.8 Å². The molecule has 0 saturated carbocycles. The van der Waals surface area contributed by atoms with Gasteiger partial charge in [-0.3, -0.25) is 14.5 Å². The molecule has 1 aliphatic heterocycles. The van der Waals surface area contributed by atoms with E-state index in [0.717, 1.165) is 5.75 Å². The molecule has 0 atom stereocenters. The van der Waals surface area contributed by atoms with E-state index in [-0.39, 0.29) is 11.8 Å². The predicted molar refractivity (Wildman–Crippen MR) is 115 cm³/mol. The van der Waals surface area contributed by atoms with E-state index in [0.29, 0.717) is 17.0 Å². The van der Waals surface area contributed by atoms with E-state index in [4.69, 9.17) is 0 Å². The number of carbonyl (C=O) groups is 2. The number of nitrogens with zero attached hydrogens (tertiary/aromatic N) is 1. The number of carbonyl (C=O) groups excluding carboxylic acids is 2. The highest BCUT2D eigenvalue weighted by atomic mass is 32.2. The minimum Gasteiger partial charge on any atom is -0.269 e. The minimum atomic E-state index is -0.141. The fraction of sp³-hybridized carbons (Fsp3) is 0.652. The Hall–Kier alpha value is -1.29. The van der Waals surface area contributed by atoms with E-state index in [1.165, 1.54) is 81.9 Å². The molecule has 0 aliphatic carbocycles. The Bertz CT molecular complexity index is 552. The van der Waals surface area contributed by atoms with Crippen LogP contribution in [0.25, 0.3) is 0 Å². The number of benzene rings is 1. The molecule has 0 N–H and O–H groups in total. The average molecular weight is 390 g/mol. The SMILES string of the molecule is CCCCCCCCCCCCCCSCN1C(=O)c2ccccc2C1=O. The van der Waals surface area contributed by atoms with E-state index < -0.39 is 0 Å². The molecule has 4 heteroatoms. The first-order chi connectivity index (χ1) is 13.3. The summed E-state index contributed by atoms with van der Waals surface area (Å²) in [5.41, 5.74) is 1.10. The summed E-state index contributed by atoms with van der Waals surface area (Å²) in [6, 6.07) is 7.11. The van der Waals surface area contributed by atoms with Crippen LogP contribution < -0.4 is 0 Å². The zero-order valence-corrected chi connectivity index (χ0v) is 17.7. The number of unbranched alkanes of at least 4 members (excludes halogenated alkanes) is 11. The Kier molecular flexibility index (Phi) is 10.6. The van der Waals surface area contributed by atoms with Gasteiger partial charge in [0, 0.05) is 0 Å². The summed E-state index contributed by atoms with van der Waals surface area (Å²) < 4.78 is 0. The van der Waals surface area contributed by atoms with Crippen molar-refractivity contribution in [3.05, 3.63) is 35.4 Å². The summed E-state index contributed by atoms with van der Waals surface area (Å²) in [5.74, 6) is 1.21. The lowest BCUT2D eigenvalue weighted by Gasteiger charge is -2.13. The summed E-state index contributed by atoms with van der Waals surface area (Å²) in [5, 5.41) is 0. The molecule has 0 fully saturated rings. The summed E-state index contributed by atoms with van der Waals surface area (Å²) in [6.45, 7) is 2.27. The van der Waals surface area contributed by atoms with Crippen molar-refractivity contribution in [3.8, 4) is 0 Å². The van der Waals surface area contributed by atoms with Crippen LogP contribution in [-0.2, 0) is 0 Å². The standard InChI is InChI=1S/C23H35NO2S/c1-2-3-4-5-6-7-8-9-10-11-12-15-18-27-19-24-22(25)20-16-13-14-17-21(20)23(24)26/h13-14,16-17H,2-12,15,18-19H2,1H3. The van der Waals surface area contributed by atoms with E-state index in [2.05, 4.69) is 6.92 Å². The van der Waals surface area contributed by atoms with Crippen molar-refractivity contribution in [2.75, 3.05) is 11.6 Å². The van der Waals surface area contributed by atoms with Gasteiger partial charge in [0.05, 0.1) is 17.0 Å². The minimum absolute atomic E-state index is 0.141. The normalized spacial score (nSPS) is 13.4. The fourth-order valence-corrected chi connectivity index (χ4v) is 4.51. The van der Waals surface area contributed by atoms with E-state index in [1.54, 1.807) is 23.9 Å². The van der Waals surface area contributed by atoms with Gasteiger partial charge >= 0.3 is 0 Å². The quantitative estimate of drug-likeness (QED) is 0.248. The summed E-state index contributed by atoms with van der Waals surface area (Å²) >= 11 is 1.69. The molecular weight excluding hydrogens is 354 g/mol. The van der Waals surface area contributed by atoms with Gasteiger partial charge in [0.2, 0.25) is 0 Å². The van der Waals surface area contributed by atoms with Crippen molar-refractivity contribution in [2.45, 2.75) is 84.0 Å². The molecule has 1 aliphatic rings. The highest BCUT2D eigenvalue weighted by Crippen LogP contribution is 2.24. The molecule has 150 valence electrons. The molecule has 2 rings (SSSR count). The third-order valence-electron chi connectivity index (χ3n) is 5.24. The van der Waals surface area contributed by atoms with Gasteiger partial charge in [-0.2, -0.15) is 0 Å². The van der Waals surface area contributed by atoms with Crippen LogP contribution in [0, 0.1) is 0 Å². The fourth-order valence-electron chi connectivity index (χ4n) is 3.56. The Labute approximate surface area is 169 Å². The van der Waals surface area contributed by atoms with Crippen molar-refractivity contribution >= 4 is 23.6 Å². The maximum Gasteiger partial charge on any atom is 0.262 e. The van der Waals surface area contributed by atoms with Crippen LogP contribution in [0.2, 0.25) is 0 Å². The van der Waals surface area contributed by atoms with Gasteiger partial charge in [-0.1, -0.05) is 89.7 Å². The molecule has 0 aromatic heterocycles. The molecule has 27 heavy (non-hydrogen) atoms. The van der Waals surface area contributed by atoms with Gasteiger partial charge in [0.15, 0.2) is 0 Å². The lowest BCUT2D eigenvalue weighted by atomic mass is 10.1. The second-order valence-electron chi connectivity index (χ2n) is 7.51.